The maximum atomic E-state index is 12.2. The Kier molecular flexibility index (Phi) is 3.50. The smallest absolute Gasteiger partial charge is 0.241 e. The number of hydrogen-bond acceptors (Lipinski definition) is 3. The Bertz CT molecular complexity index is 259. The lowest BCUT2D eigenvalue weighted by Crippen LogP contribution is -2.45. The van der Waals surface area contributed by atoms with Crippen molar-refractivity contribution in [2.45, 2.75) is 38.8 Å². The van der Waals surface area contributed by atoms with Crippen molar-refractivity contribution in [3.05, 3.63) is 0 Å². The molecule has 0 aliphatic carbocycles. The highest BCUT2D eigenvalue weighted by Gasteiger charge is 2.37. The van der Waals surface area contributed by atoms with Gasteiger partial charge < -0.3 is 9.80 Å². The van der Waals surface area contributed by atoms with E-state index in [9.17, 15) is 4.79 Å². The van der Waals surface area contributed by atoms with Crippen molar-refractivity contribution >= 4 is 5.91 Å². The molecule has 16 heavy (non-hydrogen) atoms. The van der Waals surface area contributed by atoms with E-state index < -0.39 is 0 Å². The number of likely N-dealkylation sites (tertiary alicyclic amines) is 1. The molecular weight excluding hydrogens is 202 g/mol. The molecule has 1 unspecified atom stereocenters. The lowest BCUT2D eigenvalue weighted by molar-refractivity contribution is -0.132. The highest BCUT2D eigenvalue weighted by Crippen LogP contribution is 2.21. The van der Waals surface area contributed by atoms with E-state index >= 15 is 0 Å². The largest absolute Gasteiger partial charge is 0.325 e. The highest BCUT2D eigenvalue weighted by atomic mass is 16.2. The monoisotopic (exact) mass is 225 g/mol. The molecule has 2 fully saturated rings. The molecule has 4 nitrogen and oxygen atoms in total. The molecule has 1 amide bonds. The average molecular weight is 225 g/mol. The van der Waals surface area contributed by atoms with Crippen LogP contribution in [-0.2, 0) is 4.79 Å². The van der Waals surface area contributed by atoms with E-state index in [1.165, 1.54) is 0 Å². The fourth-order valence-electron chi connectivity index (χ4n) is 2.68. The first-order valence-electron chi connectivity index (χ1n) is 6.32. The predicted octanol–water partition coefficient (Wildman–Crippen LogP) is 0.494. The van der Waals surface area contributed by atoms with Crippen LogP contribution in [0.1, 0.15) is 26.7 Å². The zero-order chi connectivity index (χ0) is 11.7. The van der Waals surface area contributed by atoms with Gasteiger partial charge in [0, 0.05) is 6.04 Å². The molecule has 0 spiro atoms. The van der Waals surface area contributed by atoms with Gasteiger partial charge in [-0.1, -0.05) is 13.8 Å². The summed E-state index contributed by atoms with van der Waals surface area (Å²) in [5, 5.41) is 3.33. The summed E-state index contributed by atoms with van der Waals surface area (Å²) in [4.78, 5) is 16.6. The van der Waals surface area contributed by atoms with Crippen molar-refractivity contribution in [3.63, 3.8) is 0 Å². The number of rotatable bonds is 2. The summed E-state index contributed by atoms with van der Waals surface area (Å²) in [7, 11) is 2.15. The third kappa shape index (κ3) is 2.23. The Morgan fingerprint density at radius 3 is 2.44 bits per heavy atom. The van der Waals surface area contributed by atoms with Crippen LogP contribution in [0.25, 0.3) is 0 Å². The average Bonchev–Trinajstić information content (AvgIpc) is 2.61. The van der Waals surface area contributed by atoms with Gasteiger partial charge in [-0.2, -0.15) is 0 Å². The molecule has 0 aromatic carbocycles. The lowest BCUT2D eigenvalue weighted by Gasteiger charge is -2.34. The third-order valence-electron chi connectivity index (χ3n) is 3.83. The zero-order valence-electron chi connectivity index (χ0n) is 10.6. The van der Waals surface area contributed by atoms with Gasteiger partial charge in [-0.3, -0.25) is 10.1 Å². The molecule has 0 radical (unpaired) electrons. The summed E-state index contributed by atoms with van der Waals surface area (Å²) in [6.07, 6.45) is 2.24. The molecule has 2 aliphatic rings. The van der Waals surface area contributed by atoms with Gasteiger partial charge in [0.1, 0.15) is 0 Å². The number of nitrogens with one attached hydrogen (secondary N) is 1. The van der Waals surface area contributed by atoms with Gasteiger partial charge in [0.05, 0.1) is 12.7 Å². The maximum Gasteiger partial charge on any atom is 0.241 e. The lowest BCUT2D eigenvalue weighted by atomic mass is 10.0. The van der Waals surface area contributed by atoms with E-state index in [2.05, 4.69) is 36.0 Å². The third-order valence-corrected chi connectivity index (χ3v) is 3.83. The number of amides is 1. The molecular formula is C12H23N3O. The summed E-state index contributed by atoms with van der Waals surface area (Å²) in [5.74, 6) is 0.702. The van der Waals surface area contributed by atoms with Crippen LogP contribution in [0.4, 0.5) is 0 Å². The maximum absolute atomic E-state index is 12.2. The van der Waals surface area contributed by atoms with Crippen LogP contribution in [0.15, 0.2) is 0 Å². The van der Waals surface area contributed by atoms with E-state index in [1.54, 1.807) is 0 Å². The molecule has 0 bridgehead atoms. The second-order valence-corrected chi connectivity index (χ2v) is 5.43. The predicted molar refractivity (Wildman–Crippen MR) is 64.0 cm³/mol. The molecule has 1 atom stereocenters. The van der Waals surface area contributed by atoms with E-state index in [0.29, 0.717) is 17.9 Å². The van der Waals surface area contributed by atoms with Crippen molar-refractivity contribution in [1.29, 1.82) is 0 Å². The van der Waals surface area contributed by atoms with Crippen LogP contribution >= 0.6 is 0 Å². The van der Waals surface area contributed by atoms with E-state index in [4.69, 9.17) is 0 Å². The Balaban J connectivity index is 1.94. The Hall–Kier alpha value is -0.610. The first kappa shape index (κ1) is 11.9. The molecule has 0 aromatic rings. The van der Waals surface area contributed by atoms with Gasteiger partial charge in [-0.25, -0.2) is 0 Å². The molecule has 2 aliphatic heterocycles. The number of carbonyl (C=O) groups excluding carboxylic acids is 1. The molecule has 2 saturated heterocycles. The Morgan fingerprint density at radius 2 is 1.94 bits per heavy atom. The Morgan fingerprint density at radius 1 is 1.31 bits per heavy atom. The molecule has 2 heterocycles. The highest BCUT2D eigenvalue weighted by molar-refractivity contribution is 5.84. The summed E-state index contributed by atoms with van der Waals surface area (Å²) >= 11 is 0. The van der Waals surface area contributed by atoms with E-state index in [1.807, 2.05) is 0 Å². The quantitative estimate of drug-likeness (QED) is 0.743. The SMILES string of the molecule is CC(C)C1NCN(C2CCN(C)CC2)C1=O. The number of carbonyl (C=O) groups is 1. The van der Waals surface area contributed by atoms with Gasteiger partial charge in [-0.15, -0.1) is 0 Å². The molecule has 4 heteroatoms. The second kappa shape index (κ2) is 4.72. The van der Waals surface area contributed by atoms with Gasteiger partial charge >= 0.3 is 0 Å². The van der Waals surface area contributed by atoms with Crippen molar-refractivity contribution in [1.82, 2.24) is 15.1 Å². The normalized spacial score (nSPS) is 29.4. The molecule has 1 N–H and O–H groups in total. The van der Waals surface area contributed by atoms with Crippen LogP contribution in [0.2, 0.25) is 0 Å². The fraction of sp³-hybridized carbons (Fsp3) is 0.917. The first-order valence-corrected chi connectivity index (χ1v) is 6.32. The topological polar surface area (TPSA) is 35.6 Å². The van der Waals surface area contributed by atoms with Gasteiger partial charge in [0.2, 0.25) is 5.91 Å². The zero-order valence-corrected chi connectivity index (χ0v) is 10.6. The van der Waals surface area contributed by atoms with Gasteiger partial charge in [0.15, 0.2) is 0 Å². The van der Waals surface area contributed by atoms with E-state index in [-0.39, 0.29) is 6.04 Å². The molecule has 92 valence electrons. The van der Waals surface area contributed by atoms with E-state index in [0.717, 1.165) is 32.6 Å². The van der Waals surface area contributed by atoms with Crippen LogP contribution in [-0.4, -0.2) is 54.6 Å². The van der Waals surface area contributed by atoms with Crippen molar-refractivity contribution < 1.29 is 4.79 Å². The minimum Gasteiger partial charge on any atom is -0.325 e. The van der Waals surface area contributed by atoms with Crippen molar-refractivity contribution in [3.8, 4) is 0 Å². The van der Waals surface area contributed by atoms with Crippen LogP contribution in [0, 0.1) is 5.92 Å². The molecule has 0 saturated carbocycles. The molecule has 0 aromatic heterocycles. The number of nitrogens with zero attached hydrogens (tertiary/aromatic N) is 2. The standard InChI is InChI=1S/C12H23N3O/c1-9(2)11-12(16)15(8-13-11)10-4-6-14(3)7-5-10/h9-11,13H,4-8H2,1-3H3. The number of piperidine rings is 1. The van der Waals surface area contributed by atoms with Gasteiger partial charge in [-0.05, 0) is 38.9 Å². The van der Waals surface area contributed by atoms with Crippen LogP contribution < -0.4 is 5.32 Å². The Labute approximate surface area is 98.0 Å². The van der Waals surface area contributed by atoms with Crippen molar-refractivity contribution in [2.75, 3.05) is 26.8 Å². The number of hydrogen-bond donors (Lipinski definition) is 1. The summed E-state index contributed by atoms with van der Waals surface area (Å²) in [6.45, 7) is 7.18. The minimum absolute atomic E-state index is 0.0413. The second-order valence-electron chi connectivity index (χ2n) is 5.43. The van der Waals surface area contributed by atoms with Crippen LogP contribution in [0.5, 0.6) is 0 Å². The first-order chi connectivity index (χ1) is 7.59. The molecule has 2 rings (SSSR count). The summed E-state index contributed by atoms with van der Waals surface area (Å²) in [6, 6.07) is 0.500. The minimum atomic E-state index is 0.0413. The van der Waals surface area contributed by atoms with Crippen molar-refractivity contribution in [2.24, 2.45) is 5.92 Å². The summed E-state index contributed by atoms with van der Waals surface area (Å²) in [5.41, 5.74) is 0. The fourth-order valence-corrected chi connectivity index (χ4v) is 2.68. The van der Waals surface area contributed by atoms with Gasteiger partial charge in [0.25, 0.3) is 0 Å². The summed E-state index contributed by atoms with van der Waals surface area (Å²) < 4.78 is 0. The van der Waals surface area contributed by atoms with Crippen LogP contribution in [0.3, 0.4) is 0 Å².